The van der Waals surface area contributed by atoms with Crippen molar-refractivity contribution in [3.05, 3.63) is 144 Å². The molecular weight excluding hydrogens is 488 g/mol. The lowest BCUT2D eigenvalue weighted by Crippen LogP contribution is -2.39. The maximum Gasteiger partial charge on any atom is 0.211 e. The Bertz CT molecular complexity index is 2000. The van der Waals surface area contributed by atoms with Gasteiger partial charge in [0.2, 0.25) is 5.96 Å². The van der Waals surface area contributed by atoms with Crippen LogP contribution in [0.3, 0.4) is 0 Å². The van der Waals surface area contributed by atoms with E-state index in [0.717, 1.165) is 34.0 Å². The van der Waals surface area contributed by atoms with Crippen LogP contribution in [0.1, 0.15) is 42.3 Å². The molecule has 0 amide bonds. The molecule has 1 N–H and O–H groups in total. The molecule has 0 saturated carbocycles. The van der Waals surface area contributed by atoms with Gasteiger partial charge in [-0.15, -0.1) is 0 Å². The van der Waals surface area contributed by atoms with Crippen molar-refractivity contribution in [2.45, 2.75) is 25.4 Å². The van der Waals surface area contributed by atoms with Gasteiger partial charge in [-0.25, -0.2) is 9.98 Å². The lowest BCUT2D eigenvalue weighted by Gasteiger charge is -2.24. The molecule has 0 fully saturated rings. The lowest BCUT2D eigenvalue weighted by atomic mass is 9.82. The van der Waals surface area contributed by atoms with E-state index in [4.69, 9.17) is 9.98 Å². The zero-order valence-electron chi connectivity index (χ0n) is 22.5. The van der Waals surface area contributed by atoms with E-state index in [9.17, 15) is 0 Å². The molecule has 2 aliphatic rings. The number of nitrogens with one attached hydrogen (secondary N) is 1. The molecule has 40 heavy (non-hydrogen) atoms. The third-order valence-electron chi connectivity index (χ3n) is 8.46. The second kappa shape index (κ2) is 8.52. The minimum atomic E-state index is -0.348. The van der Waals surface area contributed by atoms with Crippen LogP contribution in [0.2, 0.25) is 0 Å². The summed E-state index contributed by atoms with van der Waals surface area (Å²) in [5, 5.41) is 6.07. The summed E-state index contributed by atoms with van der Waals surface area (Å²) in [4.78, 5) is 10.3. The van der Waals surface area contributed by atoms with Gasteiger partial charge in [-0.1, -0.05) is 117 Å². The number of rotatable bonds is 2. The first kappa shape index (κ1) is 23.0. The molecular formula is C36H28N4. The average molecular weight is 517 g/mol. The Balaban J connectivity index is 1.39. The van der Waals surface area contributed by atoms with E-state index in [0.29, 0.717) is 0 Å². The Morgan fingerprint density at radius 2 is 1.32 bits per heavy atom. The monoisotopic (exact) mass is 516 g/mol. The quantitative estimate of drug-likeness (QED) is 0.249. The van der Waals surface area contributed by atoms with Crippen molar-refractivity contribution >= 4 is 33.6 Å². The third-order valence-corrected chi connectivity index (χ3v) is 8.46. The highest BCUT2D eigenvalue weighted by Crippen LogP contribution is 2.50. The Hall–Kier alpha value is -4.96. The van der Waals surface area contributed by atoms with Crippen LogP contribution in [0.5, 0.6) is 0 Å². The molecule has 1 atom stereocenters. The summed E-state index contributed by atoms with van der Waals surface area (Å²) >= 11 is 0. The molecule has 6 aromatic rings. The molecule has 1 unspecified atom stereocenters. The van der Waals surface area contributed by atoms with Crippen LogP contribution in [0.25, 0.3) is 32.9 Å². The van der Waals surface area contributed by atoms with Crippen LogP contribution in [-0.4, -0.2) is 16.4 Å². The van der Waals surface area contributed by atoms with Crippen molar-refractivity contribution in [3.63, 3.8) is 0 Å². The Kier molecular flexibility index (Phi) is 4.89. The van der Waals surface area contributed by atoms with Gasteiger partial charge in [0.1, 0.15) is 5.84 Å². The van der Waals surface area contributed by atoms with Crippen molar-refractivity contribution in [1.82, 2.24) is 9.88 Å². The van der Waals surface area contributed by atoms with Gasteiger partial charge in [-0.05, 0) is 46.0 Å². The predicted octanol–water partition coefficient (Wildman–Crippen LogP) is 8.05. The number of amidine groups is 1. The van der Waals surface area contributed by atoms with E-state index in [-0.39, 0.29) is 11.6 Å². The largest absolute Gasteiger partial charge is 0.310 e. The Morgan fingerprint density at radius 1 is 0.625 bits per heavy atom. The molecule has 1 aliphatic heterocycles. The maximum atomic E-state index is 5.22. The molecule has 0 bridgehead atoms. The second-order valence-electron chi connectivity index (χ2n) is 11.1. The second-order valence-corrected chi connectivity index (χ2v) is 11.1. The molecule has 0 spiro atoms. The number of hydrogen-bond donors (Lipinski definition) is 1. The van der Waals surface area contributed by atoms with E-state index < -0.39 is 0 Å². The number of para-hydroxylation sites is 1. The Morgan fingerprint density at radius 3 is 2.15 bits per heavy atom. The van der Waals surface area contributed by atoms with Gasteiger partial charge in [-0.3, -0.25) is 4.57 Å². The molecule has 4 nitrogen and oxygen atoms in total. The number of fused-ring (bicyclic) bond motifs is 6. The highest BCUT2D eigenvalue weighted by Gasteiger charge is 2.36. The zero-order chi connectivity index (χ0) is 26.8. The SMILES string of the molecule is CC1(C)c2ccccc2-c2cc3c4ccccc4n(C4=NC(c5ccccc5)N=C(c5ccccc5)N4)c3cc21. The minimum absolute atomic E-state index is 0.0908. The number of nitrogens with zero attached hydrogens (tertiary/aromatic N) is 3. The smallest absolute Gasteiger partial charge is 0.211 e. The fraction of sp³-hybridized carbons (Fsp3) is 0.111. The van der Waals surface area contributed by atoms with Crippen LogP contribution in [0.4, 0.5) is 0 Å². The van der Waals surface area contributed by atoms with Crippen molar-refractivity contribution in [3.8, 4) is 11.1 Å². The standard InChI is InChI=1S/C36H28N4/c1-36(2)29-19-11-9-17-25(29)27-21-28-26-18-10-12-20-31(26)40(32(28)22-30(27)36)35-38-33(23-13-5-3-6-14-23)37-34(39-35)24-15-7-4-8-16-24/h3-22,33H,1-2H3,(H,37,38,39). The van der Waals surface area contributed by atoms with Crippen molar-refractivity contribution in [1.29, 1.82) is 0 Å². The average Bonchev–Trinajstić information content (AvgIpc) is 3.45. The Labute approximate surface area is 233 Å². The van der Waals surface area contributed by atoms with E-state index in [2.05, 4.69) is 109 Å². The molecule has 4 heteroatoms. The number of aromatic nitrogens is 1. The topological polar surface area (TPSA) is 41.7 Å². The molecule has 5 aromatic carbocycles. The van der Waals surface area contributed by atoms with Crippen molar-refractivity contribution in [2.24, 2.45) is 9.98 Å². The molecule has 1 aliphatic carbocycles. The lowest BCUT2D eigenvalue weighted by molar-refractivity contribution is 0.661. The summed E-state index contributed by atoms with van der Waals surface area (Å²) in [6, 6.07) is 42.9. The first-order valence-electron chi connectivity index (χ1n) is 13.8. The summed E-state index contributed by atoms with van der Waals surface area (Å²) in [6.45, 7) is 4.66. The fourth-order valence-electron chi connectivity index (χ4n) is 6.46. The molecule has 2 heterocycles. The maximum absolute atomic E-state index is 5.22. The van der Waals surface area contributed by atoms with E-state index in [1.165, 1.54) is 33.0 Å². The van der Waals surface area contributed by atoms with E-state index in [1.54, 1.807) is 0 Å². The van der Waals surface area contributed by atoms with Gasteiger partial charge in [0.05, 0.1) is 11.0 Å². The zero-order valence-corrected chi connectivity index (χ0v) is 22.5. The number of benzene rings is 5. The van der Waals surface area contributed by atoms with Crippen LogP contribution >= 0.6 is 0 Å². The molecule has 0 radical (unpaired) electrons. The summed E-state index contributed by atoms with van der Waals surface area (Å²) in [5.74, 6) is 1.60. The predicted molar refractivity (Wildman–Crippen MR) is 165 cm³/mol. The number of hydrogen-bond acceptors (Lipinski definition) is 3. The first-order valence-corrected chi connectivity index (χ1v) is 13.8. The van der Waals surface area contributed by atoms with Crippen LogP contribution in [-0.2, 0) is 5.41 Å². The van der Waals surface area contributed by atoms with Crippen molar-refractivity contribution in [2.75, 3.05) is 0 Å². The molecule has 1 aromatic heterocycles. The summed E-state index contributed by atoms with van der Waals surface area (Å²) < 4.78 is 2.29. The van der Waals surface area contributed by atoms with Gasteiger partial charge in [-0.2, -0.15) is 0 Å². The highest BCUT2D eigenvalue weighted by molar-refractivity contribution is 6.19. The summed E-state index contributed by atoms with van der Waals surface area (Å²) in [7, 11) is 0. The summed E-state index contributed by atoms with van der Waals surface area (Å²) in [5.41, 5.74) is 9.66. The van der Waals surface area contributed by atoms with Gasteiger partial charge in [0.15, 0.2) is 6.17 Å². The first-order chi connectivity index (χ1) is 19.6. The normalized spacial score (nSPS) is 17.2. The van der Waals surface area contributed by atoms with Gasteiger partial charge < -0.3 is 5.32 Å². The molecule has 8 rings (SSSR count). The molecule has 0 saturated heterocycles. The van der Waals surface area contributed by atoms with E-state index >= 15 is 0 Å². The van der Waals surface area contributed by atoms with Gasteiger partial charge in [0, 0.05) is 21.8 Å². The van der Waals surface area contributed by atoms with Crippen LogP contribution in [0, 0.1) is 0 Å². The fourth-order valence-corrected chi connectivity index (χ4v) is 6.46. The minimum Gasteiger partial charge on any atom is -0.310 e. The van der Waals surface area contributed by atoms with Crippen molar-refractivity contribution < 1.29 is 0 Å². The molecule has 192 valence electrons. The van der Waals surface area contributed by atoms with E-state index in [1.807, 2.05) is 36.4 Å². The van der Waals surface area contributed by atoms with Crippen LogP contribution in [0.15, 0.2) is 131 Å². The van der Waals surface area contributed by atoms with Crippen LogP contribution < -0.4 is 5.32 Å². The highest BCUT2D eigenvalue weighted by atomic mass is 15.3. The summed E-state index contributed by atoms with van der Waals surface area (Å²) in [6.07, 6.45) is -0.348. The third kappa shape index (κ3) is 3.32. The number of aliphatic imine (C=N–C) groups is 2. The van der Waals surface area contributed by atoms with Gasteiger partial charge in [0.25, 0.3) is 0 Å². The van der Waals surface area contributed by atoms with Gasteiger partial charge >= 0.3 is 0 Å².